The molecule has 19 heavy (non-hydrogen) atoms. The van der Waals surface area contributed by atoms with Crippen LogP contribution in [0.5, 0.6) is 0 Å². The number of ether oxygens (including phenoxy) is 1. The van der Waals surface area contributed by atoms with E-state index in [4.69, 9.17) is 23.2 Å². The second-order valence-corrected chi connectivity index (χ2v) is 4.55. The lowest BCUT2D eigenvalue weighted by atomic mass is 10.1. The number of hydrogen-bond acceptors (Lipinski definition) is 1. The van der Waals surface area contributed by atoms with Crippen molar-refractivity contribution in [2.24, 2.45) is 0 Å². The highest BCUT2D eigenvalue weighted by Crippen LogP contribution is 2.36. The van der Waals surface area contributed by atoms with Crippen LogP contribution >= 0.6 is 23.2 Å². The van der Waals surface area contributed by atoms with E-state index in [0.29, 0.717) is 0 Å². The van der Waals surface area contributed by atoms with Crippen molar-refractivity contribution < 1.29 is 31.1 Å². The number of alkyl halides is 6. The molecule has 2 unspecified atom stereocenters. The summed E-state index contributed by atoms with van der Waals surface area (Å²) in [6, 6.07) is 0. The summed E-state index contributed by atoms with van der Waals surface area (Å²) in [6.45, 7) is 1.28. The van der Waals surface area contributed by atoms with Crippen LogP contribution in [0.1, 0.15) is 0 Å². The standard InChI is InChI=1S/C10H10Cl2F6O/c1-5(11)7(9(15,16)3-13)19-8(6(2)12)10(17,18)4-14/h7-8H,1-4H2. The number of hydrogen-bond donors (Lipinski definition) is 0. The first-order valence-corrected chi connectivity index (χ1v) is 5.46. The molecule has 0 saturated carbocycles. The predicted molar refractivity (Wildman–Crippen MR) is 60.5 cm³/mol. The number of rotatable bonds is 8. The summed E-state index contributed by atoms with van der Waals surface area (Å²) >= 11 is 10.3. The normalized spacial score (nSPS) is 16.0. The van der Waals surface area contributed by atoms with Crippen LogP contribution in [0.15, 0.2) is 23.2 Å². The highest BCUT2D eigenvalue weighted by Gasteiger charge is 2.50. The average Bonchev–Trinajstić information content (AvgIpc) is 2.27. The van der Waals surface area contributed by atoms with E-state index in [9.17, 15) is 26.3 Å². The van der Waals surface area contributed by atoms with Crippen LogP contribution in [0.2, 0.25) is 0 Å². The van der Waals surface area contributed by atoms with Crippen LogP contribution in [-0.2, 0) is 4.74 Å². The van der Waals surface area contributed by atoms with Gasteiger partial charge in [-0.1, -0.05) is 36.4 Å². The molecule has 0 heterocycles. The largest absolute Gasteiger partial charge is 0.351 e. The first kappa shape index (κ1) is 18.6. The van der Waals surface area contributed by atoms with Crippen LogP contribution in [0.3, 0.4) is 0 Å². The second kappa shape index (κ2) is 6.85. The molecule has 0 aliphatic rings. The third-order valence-corrected chi connectivity index (χ3v) is 2.36. The molecule has 0 bridgehead atoms. The maximum absolute atomic E-state index is 13.1. The third-order valence-electron chi connectivity index (χ3n) is 1.96. The van der Waals surface area contributed by atoms with Crippen molar-refractivity contribution in [2.75, 3.05) is 13.3 Å². The molecule has 2 atom stereocenters. The molecule has 0 aromatic rings. The average molecular weight is 331 g/mol. The Balaban J connectivity index is 5.31. The van der Waals surface area contributed by atoms with Gasteiger partial charge in [-0.3, -0.25) is 0 Å². The van der Waals surface area contributed by atoms with Gasteiger partial charge in [-0.15, -0.1) is 0 Å². The molecule has 0 amide bonds. The topological polar surface area (TPSA) is 9.23 Å². The van der Waals surface area contributed by atoms with Gasteiger partial charge in [0.2, 0.25) is 0 Å². The van der Waals surface area contributed by atoms with Crippen molar-refractivity contribution in [1.29, 1.82) is 0 Å². The summed E-state index contributed by atoms with van der Waals surface area (Å²) in [6.07, 6.45) is -5.20. The van der Waals surface area contributed by atoms with Gasteiger partial charge in [-0.05, 0) is 0 Å². The molecule has 1 nitrogen and oxygen atoms in total. The third kappa shape index (κ3) is 4.89. The van der Waals surface area contributed by atoms with Crippen molar-refractivity contribution in [3.8, 4) is 0 Å². The Bertz CT molecular complexity index is 315. The maximum Gasteiger partial charge on any atom is 0.306 e. The zero-order valence-corrected chi connectivity index (χ0v) is 10.9. The van der Waals surface area contributed by atoms with Crippen LogP contribution < -0.4 is 0 Å². The van der Waals surface area contributed by atoms with Gasteiger partial charge in [-0.2, -0.15) is 0 Å². The Morgan fingerprint density at radius 1 is 0.895 bits per heavy atom. The van der Waals surface area contributed by atoms with Crippen LogP contribution in [0.4, 0.5) is 26.3 Å². The highest BCUT2D eigenvalue weighted by atomic mass is 35.5. The summed E-state index contributed by atoms with van der Waals surface area (Å²) in [7, 11) is 0. The Morgan fingerprint density at radius 2 is 1.16 bits per heavy atom. The van der Waals surface area contributed by atoms with E-state index in [1.54, 1.807) is 0 Å². The maximum atomic E-state index is 13.1. The van der Waals surface area contributed by atoms with Crippen molar-refractivity contribution in [3.63, 3.8) is 0 Å². The van der Waals surface area contributed by atoms with E-state index < -0.39 is 47.5 Å². The fourth-order valence-corrected chi connectivity index (χ4v) is 1.50. The second-order valence-electron chi connectivity index (χ2n) is 3.58. The molecule has 9 heteroatoms. The molecular weight excluding hydrogens is 321 g/mol. The van der Waals surface area contributed by atoms with Gasteiger partial charge in [-0.25, -0.2) is 26.3 Å². The molecule has 0 aliphatic carbocycles. The first-order valence-electron chi connectivity index (χ1n) is 4.71. The van der Waals surface area contributed by atoms with Gasteiger partial charge in [0.25, 0.3) is 0 Å². The highest BCUT2D eigenvalue weighted by molar-refractivity contribution is 6.30. The van der Waals surface area contributed by atoms with Crippen molar-refractivity contribution in [3.05, 3.63) is 23.2 Å². The molecule has 0 aliphatic heterocycles. The van der Waals surface area contributed by atoms with Gasteiger partial charge >= 0.3 is 11.8 Å². The van der Waals surface area contributed by atoms with Gasteiger partial charge in [0.1, 0.15) is 0 Å². The minimum atomic E-state index is -4.21. The quantitative estimate of drug-likeness (QED) is 0.597. The number of halogens is 8. The summed E-state index contributed by atoms with van der Waals surface area (Å²) in [4.78, 5) is 0. The Hall–Kier alpha value is -0.400. The molecule has 0 rings (SSSR count). The molecular formula is C10H10Cl2F6O. The molecule has 112 valence electrons. The zero-order chi connectivity index (χ0) is 15.4. The van der Waals surface area contributed by atoms with Gasteiger partial charge in [0, 0.05) is 10.1 Å². The van der Waals surface area contributed by atoms with Gasteiger partial charge in [0.15, 0.2) is 25.6 Å². The van der Waals surface area contributed by atoms with E-state index in [0.717, 1.165) is 0 Å². The van der Waals surface area contributed by atoms with Gasteiger partial charge in [0.05, 0.1) is 0 Å². The lowest BCUT2D eigenvalue weighted by Crippen LogP contribution is -2.47. The first-order chi connectivity index (χ1) is 8.49. The van der Waals surface area contributed by atoms with E-state index in [-0.39, 0.29) is 0 Å². The van der Waals surface area contributed by atoms with Crippen molar-refractivity contribution in [1.82, 2.24) is 0 Å². The summed E-state index contributed by atoms with van der Waals surface area (Å²) in [5.41, 5.74) is 0. The Morgan fingerprint density at radius 3 is 1.32 bits per heavy atom. The predicted octanol–water partition coefficient (Wildman–Crippen LogP) is 4.45. The van der Waals surface area contributed by atoms with E-state index >= 15 is 0 Å². The SMILES string of the molecule is C=C(Cl)C(OC(C(=C)Cl)C(F)(F)CF)C(F)(F)CF. The summed E-state index contributed by atoms with van der Waals surface area (Å²) < 4.78 is 81.1. The lowest BCUT2D eigenvalue weighted by Gasteiger charge is -2.31. The minimum Gasteiger partial charge on any atom is -0.351 e. The molecule has 0 aromatic carbocycles. The lowest BCUT2D eigenvalue weighted by molar-refractivity contribution is -0.194. The molecule has 0 aromatic heterocycles. The molecule has 0 fully saturated rings. The smallest absolute Gasteiger partial charge is 0.306 e. The monoisotopic (exact) mass is 330 g/mol. The minimum absolute atomic E-state index is 0.930. The van der Waals surface area contributed by atoms with Crippen molar-refractivity contribution in [2.45, 2.75) is 24.1 Å². The molecule has 0 spiro atoms. The van der Waals surface area contributed by atoms with E-state index in [2.05, 4.69) is 17.9 Å². The van der Waals surface area contributed by atoms with Crippen LogP contribution in [-0.4, -0.2) is 37.4 Å². The molecule has 0 N–H and O–H groups in total. The molecule has 0 radical (unpaired) electrons. The molecule has 0 saturated heterocycles. The fraction of sp³-hybridized carbons (Fsp3) is 0.600. The summed E-state index contributed by atoms with van der Waals surface area (Å²) in [5.74, 6) is -8.42. The van der Waals surface area contributed by atoms with Crippen molar-refractivity contribution >= 4 is 23.2 Å². The van der Waals surface area contributed by atoms with Gasteiger partial charge < -0.3 is 4.74 Å². The van der Waals surface area contributed by atoms with Crippen LogP contribution in [0.25, 0.3) is 0 Å². The van der Waals surface area contributed by atoms with E-state index in [1.807, 2.05) is 0 Å². The summed E-state index contributed by atoms with van der Waals surface area (Å²) in [5, 5.41) is -1.86. The fourth-order valence-electron chi connectivity index (χ4n) is 1.08. The zero-order valence-electron chi connectivity index (χ0n) is 9.42. The van der Waals surface area contributed by atoms with Crippen LogP contribution in [0, 0.1) is 0 Å². The Labute approximate surface area is 115 Å². The van der Waals surface area contributed by atoms with E-state index in [1.165, 1.54) is 0 Å². The Kier molecular flexibility index (Phi) is 6.71.